The van der Waals surface area contributed by atoms with Gasteiger partial charge in [0.2, 0.25) is 5.28 Å². The molecule has 0 saturated heterocycles. The Bertz CT molecular complexity index is 662. The van der Waals surface area contributed by atoms with Crippen LogP contribution in [-0.2, 0) is 0 Å². The van der Waals surface area contributed by atoms with Crippen LogP contribution in [-0.4, -0.2) is 14.9 Å². The van der Waals surface area contributed by atoms with Crippen molar-refractivity contribution in [2.75, 3.05) is 0 Å². The number of nitrogens with zero attached hydrogens (tertiary/aromatic N) is 3. The van der Waals surface area contributed by atoms with Gasteiger partial charge >= 0.3 is 0 Å². The van der Waals surface area contributed by atoms with Gasteiger partial charge in [0.05, 0.1) is 4.92 Å². The summed E-state index contributed by atoms with van der Waals surface area (Å²) in [7, 11) is 0. The van der Waals surface area contributed by atoms with E-state index in [1.807, 2.05) is 0 Å². The molecule has 0 spiro atoms. The molecule has 0 bridgehead atoms. The van der Waals surface area contributed by atoms with Crippen LogP contribution in [0.2, 0.25) is 5.28 Å². The molecule has 2 rings (SSSR count). The number of non-ortho nitro benzene ring substituents is 1. The molecule has 0 aliphatic rings. The molecule has 1 aromatic carbocycles. The summed E-state index contributed by atoms with van der Waals surface area (Å²) in [6, 6.07) is 7.68. The summed E-state index contributed by atoms with van der Waals surface area (Å²) in [4.78, 5) is 17.7. The van der Waals surface area contributed by atoms with Crippen molar-refractivity contribution in [3.63, 3.8) is 0 Å². The quantitative estimate of drug-likeness (QED) is 0.341. The van der Waals surface area contributed by atoms with Gasteiger partial charge in [0.15, 0.2) is 0 Å². The third kappa shape index (κ3) is 3.03. The van der Waals surface area contributed by atoms with E-state index in [9.17, 15) is 10.1 Å². The Kier molecular flexibility index (Phi) is 3.51. The summed E-state index contributed by atoms with van der Waals surface area (Å²) < 4.78 is 0. The fraction of sp³-hybridized carbons (Fsp3) is 0. The summed E-state index contributed by atoms with van der Waals surface area (Å²) >= 11 is 5.61. The van der Waals surface area contributed by atoms with Gasteiger partial charge in [-0.3, -0.25) is 10.1 Å². The second-order valence-electron chi connectivity index (χ2n) is 3.27. The minimum absolute atomic E-state index is 0.00233. The summed E-state index contributed by atoms with van der Waals surface area (Å²) in [6.45, 7) is 0. The Morgan fingerprint density at radius 2 is 2.11 bits per heavy atom. The first-order chi connectivity index (χ1) is 8.65. The average Bonchev–Trinajstić information content (AvgIpc) is 2.37. The predicted octanol–water partition coefficient (Wildman–Crippen LogP) is 2.44. The maximum Gasteiger partial charge on any atom is 0.270 e. The van der Waals surface area contributed by atoms with Crippen molar-refractivity contribution in [2.45, 2.75) is 0 Å². The van der Waals surface area contributed by atoms with E-state index in [1.54, 1.807) is 18.2 Å². The first-order valence-electron chi connectivity index (χ1n) is 4.90. The molecule has 0 aliphatic heterocycles. The van der Waals surface area contributed by atoms with Gasteiger partial charge in [0.25, 0.3) is 5.69 Å². The van der Waals surface area contributed by atoms with Crippen LogP contribution >= 0.6 is 11.6 Å². The Hall–Kier alpha value is -2.45. The van der Waals surface area contributed by atoms with Crippen LogP contribution in [0.25, 0.3) is 0 Å². The fourth-order valence-corrected chi connectivity index (χ4v) is 1.39. The third-order valence-electron chi connectivity index (χ3n) is 2.02. The van der Waals surface area contributed by atoms with Crippen LogP contribution in [0.5, 0.6) is 0 Å². The maximum absolute atomic E-state index is 10.6. The van der Waals surface area contributed by atoms with Crippen molar-refractivity contribution >= 4 is 17.3 Å². The lowest BCUT2D eigenvalue weighted by molar-refractivity contribution is -0.384. The Balaban J connectivity index is 2.30. The SMILES string of the molecule is O=[N+]([O-])c1cccc(C#Cc2ccnc(Cl)n2)c1. The second kappa shape index (κ2) is 5.25. The molecule has 18 heavy (non-hydrogen) atoms. The minimum atomic E-state index is -0.466. The first-order valence-corrected chi connectivity index (χ1v) is 5.28. The van der Waals surface area contributed by atoms with Crippen molar-refractivity contribution < 1.29 is 4.92 Å². The van der Waals surface area contributed by atoms with Crippen LogP contribution in [0.4, 0.5) is 5.69 Å². The van der Waals surface area contributed by atoms with Crippen LogP contribution in [0.3, 0.4) is 0 Å². The van der Waals surface area contributed by atoms with Crippen LogP contribution in [0.1, 0.15) is 11.3 Å². The molecule has 1 heterocycles. The molecule has 2 aromatic rings. The number of nitro groups is 1. The van der Waals surface area contributed by atoms with E-state index in [4.69, 9.17) is 11.6 Å². The van der Waals surface area contributed by atoms with E-state index in [0.717, 1.165) is 0 Å². The van der Waals surface area contributed by atoms with Gasteiger partial charge in [-0.2, -0.15) is 0 Å². The standard InChI is InChI=1S/C12H6ClN3O2/c13-12-14-7-6-10(15-12)5-4-9-2-1-3-11(8-9)16(17)18/h1-3,6-8H. The molecular weight excluding hydrogens is 254 g/mol. The van der Waals surface area contributed by atoms with Crippen molar-refractivity contribution in [2.24, 2.45) is 0 Å². The molecule has 0 saturated carbocycles. The zero-order valence-corrected chi connectivity index (χ0v) is 9.76. The van der Waals surface area contributed by atoms with E-state index in [-0.39, 0.29) is 11.0 Å². The molecule has 0 unspecified atom stereocenters. The molecule has 1 aromatic heterocycles. The number of nitro benzene ring substituents is 1. The van der Waals surface area contributed by atoms with Crippen LogP contribution < -0.4 is 0 Å². The monoisotopic (exact) mass is 259 g/mol. The number of hydrogen-bond donors (Lipinski definition) is 0. The lowest BCUT2D eigenvalue weighted by Crippen LogP contribution is -1.88. The number of benzene rings is 1. The van der Waals surface area contributed by atoms with Gasteiger partial charge < -0.3 is 0 Å². The summed E-state index contributed by atoms with van der Waals surface area (Å²) in [6.07, 6.45) is 1.49. The lowest BCUT2D eigenvalue weighted by Gasteiger charge is -1.92. The maximum atomic E-state index is 10.6. The largest absolute Gasteiger partial charge is 0.270 e. The zero-order valence-electron chi connectivity index (χ0n) is 9.00. The number of aromatic nitrogens is 2. The molecule has 0 aliphatic carbocycles. The van der Waals surface area contributed by atoms with E-state index >= 15 is 0 Å². The fourth-order valence-electron chi connectivity index (χ4n) is 1.24. The molecule has 5 nitrogen and oxygen atoms in total. The van der Waals surface area contributed by atoms with Gasteiger partial charge in [-0.25, -0.2) is 9.97 Å². The Labute approximate surface area is 108 Å². The highest BCUT2D eigenvalue weighted by Gasteiger charge is 2.03. The van der Waals surface area contributed by atoms with E-state index in [0.29, 0.717) is 11.3 Å². The van der Waals surface area contributed by atoms with E-state index in [1.165, 1.54) is 18.3 Å². The van der Waals surface area contributed by atoms with Gasteiger partial charge in [-0.1, -0.05) is 12.0 Å². The van der Waals surface area contributed by atoms with Gasteiger partial charge in [0, 0.05) is 23.9 Å². The zero-order chi connectivity index (χ0) is 13.0. The highest BCUT2D eigenvalue weighted by atomic mass is 35.5. The van der Waals surface area contributed by atoms with Crippen LogP contribution in [0, 0.1) is 22.0 Å². The molecule has 6 heteroatoms. The molecule has 0 N–H and O–H groups in total. The van der Waals surface area contributed by atoms with Gasteiger partial charge in [-0.15, -0.1) is 0 Å². The van der Waals surface area contributed by atoms with Crippen molar-refractivity contribution in [3.8, 4) is 11.8 Å². The van der Waals surface area contributed by atoms with Gasteiger partial charge in [0.1, 0.15) is 5.69 Å². The minimum Gasteiger partial charge on any atom is -0.258 e. The van der Waals surface area contributed by atoms with Crippen molar-refractivity contribution in [1.82, 2.24) is 9.97 Å². The van der Waals surface area contributed by atoms with Crippen molar-refractivity contribution in [3.05, 3.63) is 63.2 Å². The summed E-state index contributed by atoms with van der Waals surface area (Å²) in [5, 5.41) is 10.7. The van der Waals surface area contributed by atoms with Crippen molar-refractivity contribution in [1.29, 1.82) is 0 Å². The number of hydrogen-bond acceptors (Lipinski definition) is 4. The van der Waals surface area contributed by atoms with E-state index < -0.39 is 4.92 Å². The molecule has 0 radical (unpaired) electrons. The summed E-state index contributed by atoms with van der Waals surface area (Å²) in [5.41, 5.74) is 1.00. The highest BCUT2D eigenvalue weighted by Crippen LogP contribution is 2.12. The molecule has 0 atom stereocenters. The molecule has 0 amide bonds. The van der Waals surface area contributed by atoms with Crippen LogP contribution in [0.15, 0.2) is 36.5 Å². The third-order valence-corrected chi connectivity index (χ3v) is 2.20. The predicted molar refractivity (Wildman–Crippen MR) is 66.1 cm³/mol. The molecule has 0 fully saturated rings. The molecular formula is C12H6ClN3O2. The number of rotatable bonds is 1. The average molecular weight is 260 g/mol. The lowest BCUT2D eigenvalue weighted by atomic mass is 10.2. The smallest absolute Gasteiger partial charge is 0.258 e. The second-order valence-corrected chi connectivity index (χ2v) is 3.61. The first kappa shape index (κ1) is 12.0. The molecule has 88 valence electrons. The Morgan fingerprint density at radius 1 is 1.28 bits per heavy atom. The number of halogens is 1. The Morgan fingerprint density at radius 3 is 2.83 bits per heavy atom. The highest BCUT2D eigenvalue weighted by molar-refractivity contribution is 6.28. The topological polar surface area (TPSA) is 68.9 Å². The van der Waals surface area contributed by atoms with E-state index in [2.05, 4.69) is 21.8 Å². The normalized spacial score (nSPS) is 9.39. The van der Waals surface area contributed by atoms with Gasteiger partial charge in [-0.05, 0) is 29.7 Å². The summed E-state index contributed by atoms with van der Waals surface area (Å²) in [5.74, 6) is 5.54.